The Balaban J connectivity index is 1.68. The molecular formula is C18H20ClN3O. The minimum Gasteiger partial charge on any atom is -0.378 e. The Morgan fingerprint density at radius 3 is 2.48 bits per heavy atom. The molecule has 0 bridgehead atoms. The number of hydrogen-bond acceptors (Lipinski definition) is 4. The van der Waals surface area contributed by atoms with Crippen molar-refractivity contribution >= 4 is 28.7 Å². The Bertz CT molecular complexity index is 679. The number of hydrogen-bond donors (Lipinski definition) is 1. The van der Waals surface area contributed by atoms with Crippen LogP contribution in [0.15, 0.2) is 53.6 Å². The Hall–Kier alpha value is -2.04. The van der Waals surface area contributed by atoms with Gasteiger partial charge >= 0.3 is 0 Å². The van der Waals surface area contributed by atoms with Gasteiger partial charge in [-0.1, -0.05) is 35.9 Å². The Labute approximate surface area is 141 Å². The monoisotopic (exact) mass is 329 g/mol. The number of rotatable bonds is 4. The van der Waals surface area contributed by atoms with Gasteiger partial charge in [0.1, 0.15) is 0 Å². The minimum absolute atomic E-state index is 0.659. The summed E-state index contributed by atoms with van der Waals surface area (Å²) in [5, 5.41) is 5.08. The molecule has 2 aromatic rings. The summed E-state index contributed by atoms with van der Waals surface area (Å²) in [5.74, 6) is 0. The molecule has 1 aliphatic rings. The first-order valence-electron chi connectivity index (χ1n) is 7.72. The number of benzene rings is 2. The van der Waals surface area contributed by atoms with Gasteiger partial charge in [0.15, 0.2) is 0 Å². The van der Waals surface area contributed by atoms with Crippen LogP contribution in [0.2, 0.25) is 5.02 Å². The molecule has 0 amide bonds. The van der Waals surface area contributed by atoms with E-state index in [4.69, 9.17) is 16.3 Å². The van der Waals surface area contributed by atoms with Crippen LogP contribution in [0.5, 0.6) is 0 Å². The molecule has 0 aliphatic carbocycles. The number of ether oxygens (including phenoxy) is 1. The summed E-state index contributed by atoms with van der Waals surface area (Å²) in [4.78, 5) is 2.34. The highest BCUT2D eigenvalue weighted by atomic mass is 35.5. The normalized spacial score (nSPS) is 15.6. The van der Waals surface area contributed by atoms with Crippen molar-refractivity contribution in [2.75, 3.05) is 36.6 Å². The molecule has 0 spiro atoms. The molecule has 0 atom stereocenters. The molecule has 120 valence electrons. The van der Waals surface area contributed by atoms with Crippen molar-refractivity contribution in [3.8, 4) is 0 Å². The second kappa shape index (κ2) is 7.49. The number of morpholine rings is 1. The van der Waals surface area contributed by atoms with Gasteiger partial charge in [-0.15, -0.1) is 0 Å². The molecule has 2 aromatic carbocycles. The maximum atomic E-state index is 6.11. The van der Waals surface area contributed by atoms with Gasteiger partial charge in [0.05, 0.1) is 29.6 Å². The SMILES string of the molecule is C/C(=N\Nc1ccccc1Cl)c1ccc(N2CCOCC2)cc1. The molecule has 1 saturated heterocycles. The van der Waals surface area contributed by atoms with Gasteiger partial charge in [-0.05, 0) is 36.8 Å². The summed E-state index contributed by atoms with van der Waals surface area (Å²) >= 11 is 6.11. The lowest BCUT2D eigenvalue weighted by atomic mass is 10.1. The Kier molecular flexibility index (Phi) is 5.16. The quantitative estimate of drug-likeness (QED) is 0.680. The van der Waals surface area contributed by atoms with Crippen LogP contribution >= 0.6 is 11.6 Å². The second-order valence-corrected chi connectivity index (χ2v) is 5.84. The van der Waals surface area contributed by atoms with Crippen LogP contribution in [0.1, 0.15) is 12.5 Å². The maximum absolute atomic E-state index is 6.11. The third kappa shape index (κ3) is 4.03. The van der Waals surface area contributed by atoms with Gasteiger partial charge < -0.3 is 9.64 Å². The van der Waals surface area contributed by atoms with Crippen LogP contribution in [0.4, 0.5) is 11.4 Å². The van der Waals surface area contributed by atoms with Crippen molar-refractivity contribution in [2.45, 2.75) is 6.92 Å². The molecule has 1 fully saturated rings. The van der Waals surface area contributed by atoms with E-state index in [0.717, 1.165) is 43.3 Å². The first kappa shape index (κ1) is 15.8. The molecule has 0 radical (unpaired) electrons. The fourth-order valence-electron chi connectivity index (χ4n) is 2.50. The molecule has 1 heterocycles. The summed E-state index contributed by atoms with van der Waals surface area (Å²) in [7, 11) is 0. The molecule has 1 N–H and O–H groups in total. The number of hydrazone groups is 1. The summed E-state index contributed by atoms with van der Waals surface area (Å²) in [6.07, 6.45) is 0. The van der Waals surface area contributed by atoms with E-state index in [1.165, 1.54) is 5.69 Å². The smallest absolute Gasteiger partial charge is 0.0748 e. The van der Waals surface area contributed by atoms with Gasteiger partial charge in [-0.2, -0.15) is 5.10 Å². The van der Waals surface area contributed by atoms with E-state index in [1.807, 2.05) is 31.2 Å². The van der Waals surface area contributed by atoms with E-state index in [0.29, 0.717) is 5.02 Å². The van der Waals surface area contributed by atoms with Gasteiger partial charge in [-0.25, -0.2) is 0 Å². The van der Waals surface area contributed by atoms with E-state index >= 15 is 0 Å². The predicted molar refractivity (Wildman–Crippen MR) is 96.8 cm³/mol. The Morgan fingerprint density at radius 1 is 1.09 bits per heavy atom. The fraction of sp³-hybridized carbons (Fsp3) is 0.278. The topological polar surface area (TPSA) is 36.9 Å². The van der Waals surface area contributed by atoms with Gasteiger partial charge in [0, 0.05) is 18.8 Å². The molecule has 4 nitrogen and oxygen atoms in total. The number of nitrogens with one attached hydrogen (secondary N) is 1. The van der Waals surface area contributed by atoms with Gasteiger partial charge in [-0.3, -0.25) is 5.43 Å². The lowest BCUT2D eigenvalue weighted by Crippen LogP contribution is -2.36. The van der Waals surface area contributed by atoms with Crippen LogP contribution in [-0.4, -0.2) is 32.0 Å². The van der Waals surface area contributed by atoms with Crippen molar-refractivity contribution in [1.29, 1.82) is 0 Å². The zero-order valence-electron chi connectivity index (χ0n) is 13.1. The summed E-state index contributed by atoms with van der Waals surface area (Å²) < 4.78 is 5.39. The average Bonchev–Trinajstić information content (AvgIpc) is 2.62. The van der Waals surface area contributed by atoms with Crippen molar-refractivity contribution < 1.29 is 4.74 Å². The number of para-hydroxylation sites is 1. The van der Waals surface area contributed by atoms with Crippen LogP contribution in [0, 0.1) is 0 Å². The lowest BCUT2D eigenvalue weighted by Gasteiger charge is -2.28. The molecule has 23 heavy (non-hydrogen) atoms. The number of halogens is 1. The van der Waals surface area contributed by atoms with Crippen LogP contribution in [0.3, 0.4) is 0 Å². The third-order valence-corrected chi connectivity index (χ3v) is 4.21. The highest BCUT2D eigenvalue weighted by molar-refractivity contribution is 6.33. The van der Waals surface area contributed by atoms with Gasteiger partial charge in [0.2, 0.25) is 0 Å². The first-order valence-corrected chi connectivity index (χ1v) is 8.10. The van der Waals surface area contributed by atoms with E-state index in [2.05, 4.69) is 39.7 Å². The largest absolute Gasteiger partial charge is 0.378 e. The second-order valence-electron chi connectivity index (χ2n) is 5.44. The van der Waals surface area contributed by atoms with Crippen molar-refractivity contribution in [3.05, 3.63) is 59.1 Å². The first-order chi connectivity index (χ1) is 11.2. The highest BCUT2D eigenvalue weighted by Gasteiger charge is 2.11. The third-order valence-electron chi connectivity index (χ3n) is 3.88. The highest BCUT2D eigenvalue weighted by Crippen LogP contribution is 2.21. The van der Waals surface area contributed by atoms with Crippen molar-refractivity contribution in [1.82, 2.24) is 0 Å². The fourth-order valence-corrected chi connectivity index (χ4v) is 2.67. The molecule has 5 heteroatoms. The van der Waals surface area contributed by atoms with Crippen molar-refractivity contribution in [3.63, 3.8) is 0 Å². The van der Waals surface area contributed by atoms with E-state index < -0.39 is 0 Å². The van der Waals surface area contributed by atoms with Crippen LogP contribution in [-0.2, 0) is 4.74 Å². The summed E-state index contributed by atoms with van der Waals surface area (Å²) in [6, 6.07) is 16.0. The van der Waals surface area contributed by atoms with E-state index in [-0.39, 0.29) is 0 Å². The zero-order valence-corrected chi connectivity index (χ0v) is 13.9. The van der Waals surface area contributed by atoms with Crippen molar-refractivity contribution in [2.24, 2.45) is 5.10 Å². The van der Waals surface area contributed by atoms with Gasteiger partial charge in [0.25, 0.3) is 0 Å². The van der Waals surface area contributed by atoms with E-state index in [9.17, 15) is 0 Å². The predicted octanol–water partition coefficient (Wildman–Crippen LogP) is 4.01. The lowest BCUT2D eigenvalue weighted by molar-refractivity contribution is 0.122. The molecule has 3 rings (SSSR count). The molecule has 0 aromatic heterocycles. The molecule has 1 aliphatic heterocycles. The average molecular weight is 330 g/mol. The van der Waals surface area contributed by atoms with E-state index in [1.54, 1.807) is 0 Å². The number of anilines is 2. The van der Waals surface area contributed by atoms with Crippen LogP contribution in [0.25, 0.3) is 0 Å². The molecular weight excluding hydrogens is 310 g/mol. The molecule has 0 saturated carbocycles. The maximum Gasteiger partial charge on any atom is 0.0748 e. The molecule has 0 unspecified atom stereocenters. The standard InChI is InChI=1S/C18H20ClN3O/c1-14(20-21-18-5-3-2-4-17(18)19)15-6-8-16(9-7-15)22-10-12-23-13-11-22/h2-9,21H,10-13H2,1H3/b20-14+. The van der Waals surface area contributed by atoms with Crippen LogP contribution < -0.4 is 10.3 Å². The summed E-state index contributed by atoms with van der Waals surface area (Å²) in [5.41, 5.74) is 7.05. The minimum atomic E-state index is 0.659. The Morgan fingerprint density at radius 2 is 1.78 bits per heavy atom. The summed E-state index contributed by atoms with van der Waals surface area (Å²) in [6.45, 7) is 5.46. The zero-order chi connectivity index (χ0) is 16.1. The number of nitrogens with zero attached hydrogens (tertiary/aromatic N) is 2.